The minimum Gasteiger partial charge on any atom is -0.494 e. The third kappa shape index (κ3) is 6.07. The van der Waals surface area contributed by atoms with E-state index < -0.39 is 6.61 Å². The van der Waals surface area contributed by atoms with Crippen molar-refractivity contribution >= 4 is 34.0 Å². The van der Waals surface area contributed by atoms with Gasteiger partial charge in [0.15, 0.2) is 5.13 Å². The standard InChI is InChI=1S/C24H23F2N3O4S/c1-14-22(15-4-7-17(8-5-15)33-23(25)26)29-24(34-14)28-20(30)3-2-12-32-18-9-10-19-16(13-18)6-11-21(31)27-19/h4-5,7-10,13,23H,2-3,6,11-12H2,1H3,(H,27,31)(H,28,29,30). The lowest BCUT2D eigenvalue weighted by atomic mass is 10.0. The van der Waals surface area contributed by atoms with Crippen LogP contribution in [0.5, 0.6) is 11.5 Å². The van der Waals surface area contributed by atoms with Gasteiger partial charge in [-0.3, -0.25) is 9.59 Å². The first-order valence-corrected chi connectivity index (χ1v) is 11.6. The van der Waals surface area contributed by atoms with Gasteiger partial charge in [-0.2, -0.15) is 8.78 Å². The minimum absolute atomic E-state index is 0.0205. The maximum Gasteiger partial charge on any atom is 0.387 e. The van der Waals surface area contributed by atoms with Crippen LogP contribution in [-0.2, 0) is 16.0 Å². The number of alkyl halides is 2. The van der Waals surface area contributed by atoms with Crippen LogP contribution in [0.2, 0.25) is 0 Å². The highest BCUT2D eigenvalue weighted by molar-refractivity contribution is 7.16. The normalized spacial score (nSPS) is 12.8. The summed E-state index contributed by atoms with van der Waals surface area (Å²) in [7, 11) is 0. The summed E-state index contributed by atoms with van der Waals surface area (Å²) in [6.45, 7) is -0.612. The fourth-order valence-corrected chi connectivity index (χ4v) is 4.42. The number of nitrogens with one attached hydrogen (secondary N) is 2. The van der Waals surface area contributed by atoms with Gasteiger partial charge >= 0.3 is 6.61 Å². The number of nitrogens with zero attached hydrogens (tertiary/aromatic N) is 1. The summed E-state index contributed by atoms with van der Waals surface area (Å²) < 4.78 is 34.7. The van der Waals surface area contributed by atoms with Crippen LogP contribution in [0.1, 0.15) is 29.7 Å². The molecule has 0 saturated heterocycles. The molecule has 0 radical (unpaired) electrons. The molecule has 34 heavy (non-hydrogen) atoms. The lowest BCUT2D eigenvalue weighted by molar-refractivity contribution is -0.117. The van der Waals surface area contributed by atoms with Gasteiger partial charge in [0.2, 0.25) is 11.8 Å². The number of aryl methyl sites for hydroxylation is 2. The number of halogens is 2. The van der Waals surface area contributed by atoms with Crippen molar-refractivity contribution in [1.82, 2.24) is 4.98 Å². The second-order valence-electron chi connectivity index (χ2n) is 7.69. The molecule has 0 atom stereocenters. The van der Waals surface area contributed by atoms with Crippen LogP contribution < -0.4 is 20.1 Å². The monoisotopic (exact) mass is 487 g/mol. The Labute approximate surface area is 199 Å². The van der Waals surface area contributed by atoms with Gasteiger partial charge in [0.05, 0.1) is 12.3 Å². The molecule has 2 N–H and O–H groups in total. The molecule has 1 aliphatic rings. The minimum atomic E-state index is -2.87. The van der Waals surface area contributed by atoms with Crippen molar-refractivity contribution in [3.63, 3.8) is 0 Å². The Bertz CT molecular complexity index is 1180. The Balaban J connectivity index is 1.25. The molecule has 1 aromatic heterocycles. The number of thiazole rings is 1. The number of benzene rings is 2. The second-order valence-corrected chi connectivity index (χ2v) is 8.90. The van der Waals surface area contributed by atoms with Gasteiger partial charge in [0.1, 0.15) is 11.5 Å². The van der Waals surface area contributed by atoms with Crippen molar-refractivity contribution in [2.24, 2.45) is 0 Å². The average Bonchev–Trinajstić information content (AvgIpc) is 3.16. The van der Waals surface area contributed by atoms with Crippen LogP contribution in [0, 0.1) is 6.92 Å². The summed E-state index contributed by atoms with van der Waals surface area (Å²) in [6, 6.07) is 11.8. The first kappa shape index (κ1) is 23.6. The van der Waals surface area contributed by atoms with E-state index in [-0.39, 0.29) is 24.0 Å². The molecule has 0 aliphatic carbocycles. The highest BCUT2D eigenvalue weighted by Crippen LogP contribution is 2.32. The molecule has 0 saturated carbocycles. The SMILES string of the molecule is Cc1sc(NC(=O)CCCOc2ccc3c(c2)CCC(=O)N3)nc1-c1ccc(OC(F)F)cc1. The first-order chi connectivity index (χ1) is 16.4. The summed E-state index contributed by atoms with van der Waals surface area (Å²) >= 11 is 1.35. The van der Waals surface area contributed by atoms with E-state index >= 15 is 0 Å². The zero-order valence-electron chi connectivity index (χ0n) is 18.4. The number of hydrogen-bond donors (Lipinski definition) is 2. The predicted octanol–water partition coefficient (Wildman–Crippen LogP) is 5.40. The molecule has 2 amide bonds. The van der Waals surface area contributed by atoms with Crippen molar-refractivity contribution in [1.29, 1.82) is 0 Å². The van der Waals surface area contributed by atoms with E-state index in [2.05, 4.69) is 20.4 Å². The van der Waals surface area contributed by atoms with Gasteiger partial charge in [-0.25, -0.2) is 4.98 Å². The molecule has 3 aromatic rings. The van der Waals surface area contributed by atoms with Crippen LogP contribution in [0.3, 0.4) is 0 Å². The van der Waals surface area contributed by atoms with E-state index in [1.54, 1.807) is 18.2 Å². The van der Waals surface area contributed by atoms with Gasteiger partial charge < -0.3 is 20.1 Å². The molecule has 7 nitrogen and oxygen atoms in total. The summed E-state index contributed by atoms with van der Waals surface area (Å²) in [5.41, 5.74) is 3.28. The third-order valence-corrected chi connectivity index (χ3v) is 6.07. The zero-order chi connectivity index (χ0) is 24.1. The molecule has 178 valence electrons. The van der Waals surface area contributed by atoms with Gasteiger partial charge in [0, 0.05) is 29.0 Å². The number of carbonyl (C=O) groups excluding carboxylic acids is 2. The third-order valence-electron chi connectivity index (χ3n) is 5.18. The topological polar surface area (TPSA) is 89.5 Å². The smallest absolute Gasteiger partial charge is 0.387 e. The molecule has 0 bridgehead atoms. The Hall–Kier alpha value is -3.53. The molecular weight excluding hydrogens is 464 g/mol. The van der Waals surface area contributed by atoms with Crippen molar-refractivity contribution in [3.8, 4) is 22.8 Å². The lowest BCUT2D eigenvalue weighted by Crippen LogP contribution is -2.18. The molecular formula is C24H23F2N3O4S. The van der Waals surface area contributed by atoms with E-state index in [4.69, 9.17) is 4.74 Å². The van der Waals surface area contributed by atoms with Gasteiger partial charge in [-0.1, -0.05) is 0 Å². The van der Waals surface area contributed by atoms with Crippen molar-refractivity contribution in [2.75, 3.05) is 17.2 Å². The fourth-order valence-electron chi connectivity index (χ4n) is 3.57. The number of carbonyl (C=O) groups is 2. The number of rotatable bonds is 9. The van der Waals surface area contributed by atoms with Crippen LogP contribution in [0.25, 0.3) is 11.3 Å². The van der Waals surface area contributed by atoms with E-state index in [0.717, 1.165) is 21.7 Å². The van der Waals surface area contributed by atoms with Crippen LogP contribution in [-0.4, -0.2) is 30.0 Å². The second kappa shape index (κ2) is 10.6. The average molecular weight is 488 g/mol. The first-order valence-electron chi connectivity index (χ1n) is 10.8. The van der Waals surface area contributed by atoms with E-state index in [1.165, 1.54) is 23.5 Å². The van der Waals surface area contributed by atoms with E-state index in [9.17, 15) is 18.4 Å². The Morgan fingerprint density at radius 2 is 1.94 bits per heavy atom. The summed E-state index contributed by atoms with van der Waals surface area (Å²) in [5, 5.41) is 6.11. The van der Waals surface area contributed by atoms with Gasteiger partial charge in [-0.05, 0) is 67.8 Å². The maximum atomic E-state index is 12.3. The number of aromatic nitrogens is 1. The molecule has 4 rings (SSSR count). The summed E-state index contributed by atoms with van der Waals surface area (Å²) in [4.78, 5) is 29.1. The molecule has 0 fully saturated rings. The molecule has 0 spiro atoms. The van der Waals surface area contributed by atoms with Crippen molar-refractivity contribution in [3.05, 3.63) is 52.9 Å². The Morgan fingerprint density at radius 1 is 1.18 bits per heavy atom. The van der Waals surface area contributed by atoms with Crippen molar-refractivity contribution in [2.45, 2.75) is 39.2 Å². The quantitative estimate of drug-likeness (QED) is 0.395. The highest BCUT2D eigenvalue weighted by Gasteiger charge is 2.16. The number of hydrogen-bond acceptors (Lipinski definition) is 6. The van der Waals surface area contributed by atoms with Crippen LogP contribution >= 0.6 is 11.3 Å². The molecule has 2 aromatic carbocycles. The molecule has 2 heterocycles. The van der Waals surface area contributed by atoms with Crippen LogP contribution in [0.4, 0.5) is 19.6 Å². The van der Waals surface area contributed by atoms with Crippen molar-refractivity contribution < 1.29 is 27.8 Å². The highest BCUT2D eigenvalue weighted by atomic mass is 32.1. The summed E-state index contributed by atoms with van der Waals surface area (Å²) in [6.07, 6.45) is 1.95. The fraction of sp³-hybridized carbons (Fsp3) is 0.292. The number of amides is 2. The lowest BCUT2D eigenvalue weighted by Gasteiger charge is -2.17. The van der Waals surface area contributed by atoms with E-state index in [1.807, 2.05) is 19.1 Å². The number of fused-ring (bicyclic) bond motifs is 1. The van der Waals surface area contributed by atoms with Crippen LogP contribution in [0.15, 0.2) is 42.5 Å². The molecule has 1 aliphatic heterocycles. The number of ether oxygens (including phenoxy) is 2. The molecule has 0 unspecified atom stereocenters. The Morgan fingerprint density at radius 3 is 2.71 bits per heavy atom. The van der Waals surface area contributed by atoms with Gasteiger partial charge in [-0.15, -0.1) is 11.3 Å². The predicted molar refractivity (Wildman–Crippen MR) is 126 cm³/mol. The van der Waals surface area contributed by atoms with E-state index in [0.29, 0.717) is 42.4 Å². The Kier molecular flexibility index (Phi) is 7.36. The maximum absolute atomic E-state index is 12.3. The van der Waals surface area contributed by atoms with Gasteiger partial charge in [0.25, 0.3) is 0 Å². The zero-order valence-corrected chi connectivity index (χ0v) is 19.2. The molecule has 10 heteroatoms. The largest absolute Gasteiger partial charge is 0.494 e. The number of anilines is 2. The summed E-state index contributed by atoms with van der Waals surface area (Å²) in [5.74, 6) is 0.634.